The molecule has 2 aromatic rings. The van der Waals surface area contributed by atoms with E-state index in [9.17, 15) is 14.3 Å². The van der Waals surface area contributed by atoms with E-state index < -0.39 is 5.97 Å². The van der Waals surface area contributed by atoms with Gasteiger partial charge in [-0.25, -0.2) is 9.18 Å². The largest absolute Gasteiger partial charge is 0.478 e. The van der Waals surface area contributed by atoms with E-state index in [1.54, 1.807) is 36.2 Å². The van der Waals surface area contributed by atoms with Crippen LogP contribution in [0.2, 0.25) is 5.02 Å². The molecule has 3 nitrogen and oxygen atoms in total. The Morgan fingerprint density at radius 3 is 2.50 bits per heavy atom. The van der Waals surface area contributed by atoms with Crippen molar-refractivity contribution < 1.29 is 14.3 Å². The van der Waals surface area contributed by atoms with Crippen molar-refractivity contribution in [2.45, 2.75) is 6.54 Å². The molecular formula is C15H13ClFNO2. The summed E-state index contributed by atoms with van der Waals surface area (Å²) in [5.74, 6) is -1.31. The zero-order valence-corrected chi connectivity index (χ0v) is 11.6. The fourth-order valence-electron chi connectivity index (χ4n) is 1.95. The van der Waals surface area contributed by atoms with E-state index in [1.807, 2.05) is 0 Å². The van der Waals surface area contributed by atoms with Crippen LogP contribution in [0, 0.1) is 5.82 Å². The predicted molar refractivity (Wildman–Crippen MR) is 76.9 cm³/mol. The van der Waals surface area contributed by atoms with Crippen molar-refractivity contribution in [2.24, 2.45) is 0 Å². The van der Waals surface area contributed by atoms with Crippen molar-refractivity contribution in [2.75, 3.05) is 11.9 Å². The van der Waals surface area contributed by atoms with Crippen LogP contribution in [0.3, 0.4) is 0 Å². The SMILES string of the molecule is CN(Cc1ccc(F)cc1)c1cc(Cl)ccc1C(=O)O. The van der Waals surface area contributed by atoms with Crippen molar-refractivity contribution in [3.05, 3.63) is 64.4 Å². The van der Waals surface area contributed by atoms with E-state index >= 15 is 0 Å². The second kappa shape index (κ2) is 5.92. The van der Waals surface area contributed by atoms with Gasteiger partial charge in [-0.3, -0.25) is 0 Å². The summed E-state index contributed by atoms with van der Waals surface area (Å²) in [6, 6.07) is 10.7. The van der Waals surface area contributed by atoms with Crippen LogP contribution in [-0.2, 0) is 6.54 Å². The summed E-state index contributed by atoms with van der Waals surface area (Å²) >= 11 is 5.92. The van der Waals surface area contributed by atoms with E-state index in [1.165, 1.54) is 18.2 Å². The monoisotopic (exact) mass is 293 g/mol. The van der Waals surface area contributed by atoms with Gasteiger partial charge in [-0.1, -0.05) is 23.7 Å². The summed E-state index contributed by atoms with van der Waals surface area (Å²) < 4.78 is 12.9. The van der Waals surface area contributed by atoms with Gasteiger partial charge in [0, 0.05) is 18.6 Å². The molecule has 2 rings (SSSR count). The minimum atomic E-state index is -1.01. The number of carboxylic acids is 1. The second-order valence-electron chi connectivity index (χ2n) is 4.45. The molecule has 0 saturated heterocycles. The molecule has 0 spiro atoms. The van der Waals surface area contributed by atoms with Crippen LogP contribution < -0.4 is 4.90 Å². The summed E-state index contributed by atoms with van der Waals surface area (Å²) in [6.07, 6.45) is 0. The van der Waals surface area contributed by atoms with Crippen LogP contribution in [0.1, 0.15) is 15.9 Å². The van der Waals surface area contributed by atoms with Gasteiger partial charge in [0.2, 0.25) is 0 Å². The van der Waals surface area contributed by atoms with E-state index in [4.69, 9.17) is 11.6 Å². The third kappa shape index (κ3) is 3.27. The molecule has 0 aliphatic carbocycles. The van der Waals surface area contributed by atoms with Crippen molar-refractivity contribution in [1.29, 1.82) is 0 Å². The van der Waals surface area contributed by atoms with E-state index in [-0.39, 0.29) is 11.4 Å². The Hall–Kier alpha value is -2.07. The highest BCUT2D eigenvalue weighted by molar-refractivity contribution is 6.31. The average molecular weight is 294 g/mol. The highest BCUT2D eigenvalue weighted by Crippen LogP contribution is 2.25. The first-order chi connectivity index (χ1) is 9.47. The van der Waals surface area contributed by atoms with Gasteiger partial charge in [0.1, 0.15) is 5.82 Å². The first-order valence-electron chi connectivity index (χ1n) is 5.96. The summed E-state index contributed by atoms with van der Waals surface area (Å²) in [5, 5.41) is 9.66. The van der Waals surface area contributed by atoms with Gasteiger partial charge < -0.3 is 10.0 Å². The molecule has 0 radical (unpaired) electrons. The number of aromatic carboxylic acids is 1. The number of benzene rings is 2. The number of carboxylic acid groups (broad SMARTS) is 1. The van der Waals surface area contributed by atoms with Crippen LogP contribution in [0.4, 0.5) is 10.1 Å². The normalized spacial score (nSPS) is 10.3. The van der Waals surface area contributed by atoms with Crippen molar-refractivity contribution in [3.8, 4) is 0 Å². The molecule has 0 atom stereocenters. The Morgan fingerprint density at radius 1 is 1.25 bits per heavy atom. The topological polar surface area (TPSA) is 40.5 Å². The summed E-state index contributed by atoms with van der Waals surface area (Å²) in [7, 11) is 1.77. The number of halogens is 2. The molecule has 0 unspecified atom stereocenters. The quantitative estimate of drug-likeness (QED) is 0.932. The van der Waals surface area contributed by atoms with Gasteiger partial charge in [-0.2, -0.15) is 0 Å². The molecule has 0 aromatic heterocycles. The molecular weight excluding hydrogens is 281 g/mol. The predicted octanol–water partition coefficient (Wildman–Crippen LogP) is 3.81. The van der Waals surface area contributed by atoms with Gasteiger partial charge in [0.25, 0.3) is 0 Å². The molecule has 20 heavy (non-hydrogen) atoms. The molecule has 2 aromatic carbocycles. The minimum absolute atomic E-state index is 0.180. The van der Waals surface area contributed by atoms with Gasteiger partial charge in [-0.05, 0) is 35.9 Å². The summed E-state index contributed by atoms with van der Waals surface area (Å²) in [4.78, 5) is 13.0. The molecule has 0 aliphatic heterocycles. The Morgan fingerprint density at radius 2 is 1.90 bits per heavy atom. The molecule has 104 valence electrons. The molecule has 0 heterocycles. The van der Waals surface area contributed by atoms with Crippen LogP contribution in [0.5, 0.6) is 0 Å². The molecule has 1 N–H and O–H groups in total. The Kier molecular flexibility index (Phi) is 4.25. The lowest BCUT2D eigenvalue weighted by Crippen LogP contribution is -2.19. The minimum Gasteiger partial charge on any atom is -0.478 e. The number of anilines is 1. The maximum Gasteiger partial charge on any atom is 0.337 e. The fourth-order valence-corrected chi connectivity index (χ4v) is 2.12. The third-order valence-corrected chi connectivity index (χ3v) is 3.17. The first-order valence-corrected chi connectivity index (χ1v) is 6.33. The maximum atomic E-state index is 12.9. The van der Waals surface area contributed by atoms with Crippen LogP contribution in [0.25, 0.3) is 0 Å². The zero-order valence-electron chi connectivity index (χ0n) is 10.8. The Bertz CT molecular complexity index is 628. The second-order valence-corrected chi connectivity index (χ2v) is 4.89. The Labute approximate surface area is 121 Å². The highest BCUT2D eigenvalue weighted by Gasteiger charge is 2.14. The van der Waals surface area contributed by atoms with Crippen LogP contribution >= 0.6 is 11.6 Å². The molecule has 0 fully saturated rings. The number of hydrogen-bond donors (Lipinski definition) is 1. The van der Waals surface area contributed by atoms with Crippen LogP contribution in [-0.4, -0.2) is 18.1 Å². The average Bonchev–Trinajstić information content (AvgIpc) is 2.41. The van der Waals surface area contributed by atoms with Gasteiger partial charge in [-0.15, -0.1) is 0 Å². The lowest BCUT2D eigenvalue weighted by Gasteiger charge is -2.21. The van der Waals surface area contributed by atoms with Gasteiger partial charge in [0.05, 0.1) is 11.3 Å². The molecule has 5 heteroatoms. The molecule has 0 aliphatic rings. The first kappa shape index (κ1) is 14.3. The van der Waals surface area contributed by atoms with E-state index in [0.717, 1.165) is 5.56 Å². The van der Waals surface area contributed by atoms with E-state index in [2.05, 4.69) is 0 Å². The van der Waals surface area contributed by atoms with Gasteiger partial charge in [0.15, 0.2) is 0 Å². The summed E-state index contributed by atoms with van der Waals surface area (Å²) in [6.45, 7) is 0.459. The highest BCUT2D eigenvalue weighted by atomic mass is 35.5. The lowest BCUT2D eigenvalue weighted by molar-refractivity contribution is 0.0697. The van der Waals surface area contributed by atoms with Crippen molar-refractivity contribution in [3.63, 3.8) is 0 Å². The molecule has 0 saturated carbocycles. The van der Waals surface area contributed by atoms with E-state index in [0.29, 0.717) is 17.3 Å². The van der Waals surface area contributed by atoms with Gasteiger partial charge >= 0.3 is 5.97 Å². The smallest absolute Gasteiger partial charge is 0.337 e. The molecule has 0 amide bonds. The lowest BCUT2D eigenvalue weighted by atomic mass is 10.1. The fraction of sp³-hybridized carbons (Fsp3) is 0.133. The van der Waals surface area contributed by atoms with Crippen LogP contribution in [0.15, 0.2) is 42.5 Å². The van der Waals surface area contributed by atoms with Crippen molar-refractivity contribution >= 4 is 23.3 Å². The number of carbonyl (C=O) groups is 1. The zero-order chi connectivity index (χ0) is 14.7. The summed E-state index contributed by atoms with van der Waals surface area (Å²) in [5.41, 5.74) is 1.58. The number of rotatable bonds is 4. The standard InChI is InChI=1S/C15H13ClFNO2/c1-18(9-10-2-5-12(17)6-3-10)14-8-11(16)4-7-13(14)15(19)20/h2-8H,9H2,1H3,(H,19,20). The van der Waals surface area contributed by atoms with Crippen molar-refractivity contribution in [1.82, 2.24) is 0 Å². The number of hydrogen-bond acceptors (Lipinski definition) is 2. The molecule has 0 bridgehead atoms. The maximum absolute atomic E-state index is 12.9. The third-order valence-electron chi connectivity index (χ3n) is 2.93. The Balaban J connectivity index is 2.28. The number of nitrogens with zero attached hydrogens (tertiary/aromatic N) is 1.